The molecule has 0 aliphatic carbocycles. The lowest BCUT2D eigenvalue weighted by atomic mass is 10.1. The van der Waals surface area contributed by atoms with Crippen LogP contribution < -0.4 is 20.7 Å². The van der Waals surface area contributed by atoms with Crippen molar-refractivity contribution in [3.05, 3.63) is 83.0 Å². The zero-order valence-electron chi connectivity index (χ0n) is 18.3. The third-order valence-corrected chi connectivity index (χ3v) is 5.62. The van der Waals surface area contributed by atoms with Gasteiger partial charge in [-0.2, -0.15) is 4.98 Å². The number of carbonyl (C=O) groups excluding carboxylic acids is 2. The highest BCUT2D eigenvalue weighted by atomic mass is 35.5. The Morgan fingerprint density at radius 1 is 1.17 bits per heavy atom. The van der Waals surface area contributed by atoms with E-state index in [1.54, 1.807) is 41.1 Å². The number of rotatable bonds is 5. The molecule has 11 heteroatoms. The molecule has 0 saturated carbocycles. The van der Waals surface area contributed by atoms with Crippen molar-refractivity contribution in [3.8, 4) is 11.4 Å². The second-order valence-corrected chi connectivity index (χ2v) is 7.95. The largest absolute Gasteiger partial charge is 0.483 e. The maximum absolute atomic E-state index is 14.5. The first-order valence-corrected chi connectivity index (χ1v) is 10.9. The van der Waals surface area contributed by atoms with Gasteiger partial charge in [-0.25, -0.2) is 9.37 Å². The molecule has 0 fully saturated rings. The molecular weight excluding hydrogens is 475 g/mol. The summed E-state index contributed by atoms with van der Waals surface area (Å²) in [7, 11) is 1.45. The second-order valence-electron chi connectivity index (χ2n) is 7.54. The van der Waals surface area contributed by atoms with Gasteiger partial charge < -0.3 is 25.3 Å². The number of para-hydroxylation sites is 1. The highest BCUT2D eigenvalue weighted by Crippen LogP contribution is 2.32. The lowest BCUT2D eigenvalue weighted by molar-refractivity contribution is 0.0920. The van der Waals surface area contributed by atoms with Crippen LogP contribution in [0.5, 0.6) is 5.75 Å². The van der Waals surface area contributed by atoms with E-state index in [4.69, 9.17) is 16.3 Å². The summed E-state index contributed by atoms with van der Waals surface area (Å²) in [6.07, 6.45) is 3.14. The molecule has 3 heterocycles. The van der Waals surface area contributed by atoms with E-state index in [0.29, 0.717) is 22.8 Å². The normalized spacial score (nSPS) is 12.1. The van der Waals surface area contributed by atoms with Crippen LogP contribution in [0.25, 0.3) is 5.69 Å². The lowest BCUT2D eigenvalue weighted by Gasteiger charge is -2.14. The predicted molar refractivity (Wildman–Crippen MR) is 129 cm³/mol. The molecule has 0 unspecified atom stereocenters. The van der Waals surface area contributed by atoms with Gasteiger partial charge in [-0.15, -0.1) is 0 Å². The molecule has 9 nitrogen and oxygen atoms in total. The third kappa shape index (κ3) is 4.26. The Morgan fingerprint density at radius 2 is 2.03 bits per heavy atom. The summed E-state index contributed by atoms with van der Waals surface area (Å²) in [4.78, 5) is 33.0. The van der Waals surface area contributed by atoms with E-state index in [0.717, 1.165) is 0 Å². The van der Waals surface area contributed by atoms with Crippen molar-refractivity contribution in [1.82, 2.24) is 19.9 Å². The minimum absolute atomic E-state index is 0.0484. The van der Waals surface area contributed by atoms with Gasteiger partial charge in [0.15, 0.2) is 12.4 Å². The first-order valence-electron chi connectivity index (χ1n) is 10.5. The number of carbonyl (C=O) groups is 2. The molecule has 0 saturated heterocycles. The van der Waals surface area contributed by atoms with Crippen LogP contribution in [0.1, 0.15) is 20.8 Å². The monoisotopic (exact) mass is 492 g/mol. The summed E-state index contributed by atoms with van der Waals surface area (Å²) >= 11 is 6.25. The predicted octanol–water partition coefficient (Wildman–Crippen LogP) is 4.48. The Morgan fingerprint density at radius 3 is 2.86 bits per heavy atom. The fraction of sp³-hybridized carbons (Fsp3) is 0.0833. The van der Waals surface area contributed by atoms with Gasteiger partial charge in [-0.1, -0.05) is 17.7 Å². The number of benzene rings is 2. The summed E-state index contributed by atoms with van der Waals surface area (Å²) in [5, 5.41) is 8.49. The number of halogens is 2. The summed E-state index contributed by atoms with van der Waals surface area (Å²) < 4.78 is 21.9. The van der Waals surface area contributed by atoms with E-state index in [9.17, 15) is 14.0 Å². The number of hydrogen-bond acceptors (Lipinski definition) is 7. The number of anilines is 4. The molecule has 5 rings (SSSR count). The van der Waals surface area contributed by atoms with E-state index < -0.39 is 11.7 Å². The van der Waals surface area contributed by atoms with Crippen LogP contribution in [0.3, 0.4) is 0 Å². The minimum Gasteiger partial charge on any atom is -0.483 e. The van der Waals surface area contributed by atoms with Gasteiger partial charge in [0, 0.05) is 18.9 Å². The maximum Gasteiger partial charge on any atom is 0.253 e. The number of fused-ring (bicyclic) bond motifs is 3. The van der Waals surface area contributed by atoms with Crippen molar-refractivity contribution >= 4 is 46.4 Å². The van der Waals surface area contributed by atoms with Crippen LogP contribution in [-0.2, 0) is 0 Å². The minimum atomic E-state index is -0.641. The van der Waals surface area contributed by atoms with Crippen LogP contribution in [0.15, 0.2) is 60.9 Å². The first kappa shape index (κ1) is 22.4. The van der Waals surface area contributed by atoms with E-state index >= 15 is 0 Å². The smallest absolute Gasteiger partial charge is 0.253 e. The van der Waals surface area contributed by atoms with Crippen molar-refractivity contribution in [2.75, 3.05) is 24.3 Å². The summed E-state index contributed by atoms with van der Waals surface area (Å²) in [6.45, 7) is -0.0484. The van der Waals surface area contributed by atoms with Crippen molar-refractivity contribution in [3.63, 3.8) is 0 Å². The Hall–Kier alpha value is -4.44. The number of nitrogens with zero attached hydrogens (tertiary/aromatic N) is 3. The molecule has 2 aromatic heterocycles. The van der Waals surface area contributed by atoms with Crippen LogP contribution >= 0.6 is 11.6 Å². The maximum atomic E-state index is 14.5. The SMILES string of the molecule is CNC(=O)c1cccc(F)c1Nc1nc(Nc2ccc3c(c2)-n2cccc2C(=O)CO3)ncc1Cl. The van der Waals surface area contributed by atoms with Gasteiger partial charge >= 0.3 is 0 Å². The number of aromatic nitrogens is 3. The molecular formula is C24H18ClFN6O3. The fourth-order valence-electron chi connectivity index (χ4n) is 3.68. The molecule has 3 N–H and O–H groups in total. The van der Waals surface area contributed by atoms with Crippen LogP contribution in [0.4, 0.5) is 27.5 Å². The Labute approximate surface area is 203 Å². The highest BCUT2D eigenvalue weighted by Gasteiger charge is 2.21. The Kier molecular flexibility index (Phi) is 5.79. The fourth-order valence-corrected chi connectivity index (χ4v) is 3.82. The van der Waals surface area contributed by atoms with Crippen molar-refractivity contribution in [2.45, 2.75) is 0 Å². The van der Waals surface area contributed by atoms with Crippen molar-refractivity contribution in [2.24, 2.45) is 0 Å². The molecule has 176 valence electrons. The van der Waals surface area contributed by atoms with Crippen LogP contribution in [0, 0.1) is 5.82 Å². The number of Topliss-reactive ketones (excluding diaryl/α,β-unsaturated/α-hetero) is 1. The van der Waals surface area contributed by atoms with Crippen LogP contribution in [-0.4, -0.2) is 39.9 Å². The molecule has 4 aromatic rings. The molecule has 0 radical (unpaired) electrons. The molecule has 0 spiro atoms. The Balaban J connectivity index is 1.46. The summed E-state index contributed by atoms with van der Waals surface area (Å²) in [6, 6.07) is 13.0. The third-order valence-electron chi connectivity index (χ3n) is 5.34. The van der Waals surface area contributed by atoms with Crippen LogP contribution in [0.2, 0.25) is 5.02 Å². The zero-order valence-corrected chi connectivity index (χ0v) is 19.1. The average Bonchev–Trinajstić information content (AvgIpc) is 3.31. The quantitative estimate of drug-likeness (QED) is 0.376. The Bertz CT molecular complexity index is 1470. The van der Waals surface area contributed by atoms with Gasteiger partial charge in [0.25, 0.3) is 5.91 Å². The molecule has 1 aliphatic heterocycles. The van der Waals surface area contributed by atoms with Gasteiger partial charge in [-0.3, -0.25) is 9.59 Å². The number of nitrogens with one attached hydrogen (secondary N) is 3. The van der Waals surface area contributed by atoms with E-state index in [2.05, 4.69) is 25.9 Å². The van der Waals surface area contributed by atoms with Gasteiger partial charge in [0.1, 0.15) is 16.6 Å². The van der Waals surface area contributed by atoms with Crippen molar-refractivity contribution < 1.29 is 18.7 Å². The first-order chi connectivity index (χ1) is 16.9. The lowest BCUT2D eigenvalue weighted by Crippen LogP contribution is -2.19. The average molecular weight is 493 g/mol. The summed E-state index contributed by atoms with van der Waals surface area (Å²) in [5.74, 6) is -0.395. The molecule has 0 bridgehead atoms. The van der Waals surface area contributed by atoms with E-state index in [-0.39, 0.29) is 40.4 Å². The zero-order chi connectivity index (χ0) is 24.5. The van der Waals surface area contributed by atoms with Gasteiger partial charge in [-0.05, 0) is 42.5 Å². The number of amides is 1. The van der Waals surface area contributed by atoms with Gasteiger partial charge in [0.2, 0.25) is 11.7 Å². The number of ketones is 1. The molecule has 2 aromatic carbocycles. The molecule has 35 heavy (non-hydrogen) atoms. The molecule has 1 aliphatic rings. The topological polar surface area (TPSA) is 110 Å². The van der Waals surface area contributed by atoms with Crippen molar-refractivity contribution in [1.29, 1.82) is 0 Å². The molecule has 1 amide bonds. The summed E-state index contributed by atoms with van der Waals surface area (Å²) in [5.41, 5.74) is 1.85. The number of hydrogen-bond donors (Lipinski definition) is 3. The van der Waals surface area contributed by atoms with E-state index in [1.807, 2.05) is 0 Å². The highest BCUT2D eigenvalue weighted by molar-refractivity contribution is 6.33. The van der Waals surface area contributed by atoms with E-state index in [1.165, 1.54) is 31.4 Å². The van der Waals surface area contributed by atoms with Gasteiger partial charge in [0.05, 0.1) is 28.8 Å². The second kappa shape index (κ2) is 9.07. The molecule has 0 atom stereocenters. The standard InChI is InChI=1S/C24H18ClFN6O3/c1-27-23(34)14-4-2-5-16(26)21(14)30-22-15(25)11-28-24(31-22)29-13-7-8-20-18(10-13)32-9-3-6-17(32)19(33)12-35-20/h2-11H,12H2,1H3,(H,27,34)(H2,28,29,30,31). The number of ether oxygens (including phenoxy) is 1.